The number of hydrogen-bond donors (Lipinski definition) is 0. The Bertz CT molecular complexity index is 786. The Labute approximate surface area is 164 Å². The van der Waals surface area contributed by atoms with Gasteiger partial charge in [0.05, 0.1) is 11.6 Å². The summed E-state index contributed by atoms with van der Waals surface area (Å²) in [5.41, 5.74) is 1.40. The summed E-state index contributed by atoms with van der Waals surface area (Å²) in [6, 6.07) is 9.53. The van der Waals surface area contributed by atoms with E-state index < -0.39 is 17.4 Å². The Morgan fingerprint density at radius 1 is 1.35 bits per heavy atom. The number of halogens is 1. The average molecular weight is 391 g/mol. The van der Waals surface area contributed by atoms with Gasteiger partial charge in [-0.3, -0.25) is 4.79 Å². The zero-order chi connectivity index (χ0) is 19.5. The smallest absolute Gasteiger partial charge is 0.316 e. The van der Waals surface area contributed by atoms with E-state index in [2.05, 4.69) is 11.1 Å². The van der Waals surface area contributed by atoms with Gasteiger partial charge in [-0.05, 0) is 51.1 Å². The fourth-order valence-corrected chi connectivity index (χ4v) is 3.83. The second kappa shape index (κ2) is 8.28. The van der Waals surface area contributed by atoms with Gasteiger partial charge in [-0.2, -0.15) is 5.26 Å². The lowest BCUT2D eigenvalue weighted by molar-refractivity contribution is -0.157. The molecule has 0 amide bonds. The quantitative estimate of drug-likeness (QED) is 0.650. The van der Waals surface area contributed by atoms with Crippen LogP contribution in [-0.4, -0.2) is 23.0 Å². The molecule has 0 fully saturated rings. The number of aliphatic imine (C=N–C) groups is 1. The molecule has 0 N–H and O–H groups in total. The maximum atomic E-state index is 12.9. The minimum absolute atomic E-state index is 0.369. The van der Waals surface area contributed by atoms with E-state index in [1.54, 1.807) is 12.1 Å². The Hall–Kier alpha value is -1.77. The predicted octanol–water partition coefficient (Wildman–Crippen LogP) is 5.34. The number of rotatable bonds is 4. The van der Waals surface area contributed by atoms with Gasteiger partial charge in [0.25, 0.3) is 0 Å². The van der Waals surface area contributed by atoms with Crippen LogP contribution in [0.15, 0.2) is 39.9 Å². The summed E-state index contributed by atoms with van der Waals surface area (Å²) < 4.78 is 5.63. The van der Waals surface area contributed by atoms with Gasteiger partial charge in [-0.25, -0.2) is 4.99 Å². The third-order valence-corrected chi connectivity index (χ3v) is 5.02. The molecule has 26 heavy (non-hydrogen) atoms. The molecule has 0 saturated carbocycles. The highest BCUT2D eigenvalue weighted by Crippen LogP contribution is 2.42. The van der Waals surface area contributed by atoms with Crippen molar-refractivity contribution in [1.29, 1.82) is 5.26 Å². The molecule has 0 saturated heterocycles. The second-order valence-corrected chi connectivity index (χ2v) is 8.75. The summed E-state index contributed by atoms with van der Waals surface area (Å²) >= 11 is 7.53. The first-order valence-electron chi connectivity index (χ1n) is 8.48. The predicted molar refractivity (Wildman–Crippen MR) is 107 cm³/mol. The lowest BCUT2D eigenvalue weighted by Crippen LogP contribution is -2.37. The van der Waals surface area contributed by atoms with Crippen molar-refractivity contribution in [3.63, 3.8) is 0 Å². The summed E-state index contributed by atoms with van der Waals surface area (Å²) in [6.45, 7) is 9.32. The fraction of sp³-hybridized carbons (Fsp3) is 0.450. The largest absolute Gasteiger partial charge is 0.459 e. The van der Waals surface area contributed by atoms with E-state index in [-0.39, 0.29) is 5.97 Å². The first-order chi connectivity index (χ1) is 12.2. The Kier molecular flexibility index (Phi) is 6.54. The number of thioether (sulfide) groups is 1. The molecular weight excluding hydrogens is 368 g/mol. The van der Waals surface area contributed by atoms with Crippen molar-refractivity contribution < 1.29 is 9.53 Å². The van der Waals surface area contributed by atoms with Crippen LogP contribution in [0.4, 0.5) is 0 Å². The van der Waals surface area contributed by atoms with Crippen molar-refractivity contribution in [3.8, 4) is 6.07 Å². The number of nitriles is 1. The first-order valence-corrected chi connectivity index (χ1v) is 9.85. The van der Waals surface area contributed by atoms with Crippen LogP contribution < -0.4 is 0 Å². The number of ether oxygens (including phenoxy) is 1. The van der Waals surface area contributed by atoms with E-state index in [0.717, 1.165) is 11.3 Å². The number of benzene rings is 1. The molecule has 138 valence electrons. The Morgan fingerprint density at radius 3 is 2.46 bits per heavy atom. The van der Waals surface area contributed by atoms with Crippen LogP contribution in [0.25, 0.3) is 0 Å². The molecule has 1 unspecified atom stereocenters. The van der Waals surface area contributed by atoms with E-state index in [0.29, 0.717) is 21.3 Å². The highest BCUT2D eigenvalue weighted by atomic mass is 35.5. The number of esters is 1. The zero-order valence-electron chi connectivity index (χ0n) is 15.7. The standard InChI is InChI=1S/C20H23ClN2O2S/c1-6-26-18-15(11-22)17(13-7-9-14(21)10-8-13)16(12(2)23-18)19(24)25-20(3,4)5/h7-10,16-17H,6H2,1-5H3/t16?,17-/m1/s1. The van der Waals surface area contributed by atoms with Gasteiger partial charge >= 0.3 is 5.97 Å². The van der Waals surface area contributed by atoms with Crippen LogP contribution >= 0.6 is 23.4 Å². The zero-order valence-corrected chi connectivity index (χ0v) is 17.2. The van der Waals surface area contributed by atoms with Crippen molar-refractivity contribution in [3.05, 3.63) is 45.5 Å². The third kappa shape index (κ3) is 4.69. The van der Waals surface area contributed by atoms with Crippen molar-refractivity contribution in [2.45, 2.75) is 46.1 Å². The van der Waals surface area contributed by atoms with Gasteiger partial charge in [0.2, 0.25) is 0 Å². The van der Waals surface area contributed by atoms with Crippen LogP contribution in [0.3, 0.4) is 0 Å². The first kappa shape index (κ1) is 20.5. The Balaban J connectivity index is 2.58. The summed E-state index contributed by atoms with van der Waals surface area (Å²) in [5.74, 6) is -0.640. The van der Waals surface area contributed by atoms with Gasteiger partial charge in [0.1, 0.15) is 16.5 Å². The van der Waals surface area contributed by atoms with Crippen molar-refractivity contribution >= 4 is 35.0 Å². The molecule has 0 spiro atoms. The van der Waals surface area contributed by atoms with Gasteiger partial charge in [0.15, 0.2) is 0 Å². The van der Waals surface area contributed by atoms with Crippen molar-refractivity contribution in [2.24, 2.45) is 10.9 Å². The molecule has 1 heterocycles. The molecule has 2 atom stereocenters. The number of hydrogen-bond acceptors (Lipinski definition) is 5. The van der Waals surface area contributed by atoms with Crippen LogP contribution in [0.1, 0.15) is 46.1 Å². The van der Waals surface area contributed by atoms with Gasteiger partial charge < -0.3 is 4.74 Å². The number of allylic oxidation sites excluding steroid dienone is 1. The monoisotopic (exact) mass is 390 g/mol. The molecule has 2 rings (SSSR count). The maximum Gasteiger partial charge on any atom is 0.316 e. The molecule has 0 radical (unpaired) electrons. The SMILES string of the molecule is CCSC1=C(C#N)[C@@H](c2ccc(Cl)cc2)C(C(=O)OC(C)(C)C)C(C)=N1. The summed E-state index contributed by atoms with van der Waals surface area (Å²) in [4.78, 5) is 17.5. The van der Waals surface area contributed by atoms with E-state index in [1.165, 1.54) is 11.8 Å². The molecule has 0 aromatic heterocycles. The normalized spacial score (nSPS) is 20.4. The van der Waals surface area contributed by atoms with Crippen LogP contribution in [0.2, 0.25) is 5.02 Å². The summed E-state index contributed by atoms with van der Waals surface area (Å²) in [5, 5.41) is 11.1. The van der Waals surface area contributed by atoms with Gasteiger partial charge in [-0.15, -0.1) is 11.8 Å². The molecule has 4 nitrogen and oxygen atoms in total. The molecule has 1 aromatic rings. The van der Waals surface area contributed by atoms with E-state index in [9.17, 15) is 10.1 Å². The van der Waals surface area contributed by atoms with Crippen LogP contribution in [-0.2, 0) is 9.53 Å². The minimum Gasteiger partial charge on any atom is -0.459 e. The van der Waals surface area contributed by atoms with E-state index in [4.69, 9.17) is 16.3 Å². The fourth-order valence-electron chi connectivity index (χ4n) is 2.90. The third-order valence-electron chi connectivity index (χ3n) is 3.89. The van der Waals surface area contributed by atoms with Crippen LogP contribution in [0.5, 0.6) is 0 Å². The highest BCUT2D eigenvalue weighted by molar-refractivity contribution is 8.03. The molecule has 1 aliphatic rings. The summed E-state index contributed by atoms with van der Waals surface area (Å²) in [6.07, 6.45) is 0. The second-order valence-electron chi connectivity index (χ2n) is 7.06. The van der Waals surface area contributed by atoms with E-state index >= 15 is 0 Å². The molecule has 1 aromatic carbocycles. The molecule has 6 heteroatoms. The maximum absolute atomic E-state index is 12.9. The molecule has 0 bridgehead atoms. The highest BCUT2D eigenvalue weighted by Gasteiger charge is 2.41. The average Bonchev–Trinajstić information content (AvgIpc) is 2.53. The number of nitrogens with zero attached hydrogens (tertiary/aromatic N) is 2. The summed E-state index contributed by atoms with van der Waals surface area (Å²) in [7, 11) is 0. The lowest BCUT2D eigenvalue weighted by atomic mass is 9.77. The minimum atomic E-state index is -0.633. The molecule has 0 aliphatic carbocycles. The lowest BCUT2D eigenvalue weighted by Gasteiger charge is -2.32. The van der Waals surface area contributed by atoms with Gasteiger partial charge in [0, 0.05) is 16.7 Å². The van der Waals surface area contributed by atoms with Crippen LogP contribution in [0, 0.1) is 17.2 Å². The topological polar surface area (TPSA) is 62.5 Å². The molecular formula is C20H23ClN2O2S. The van der Waals surface area contributed by atoms with E-state index in [1.807, 2.05) is 46.8 Å². The van der Waals surface area contributed by atoms with Gasteiger partial charge in [-0.1, -0.05) is 30.7 Å². The number of carbonyl (C=O) groups excluding carboxylic acids is 1. The van der Waals surface area contributed by atoms with Crippen molar-refractivity contribution in [2.75, 3.05) is 5.75 Å². The number of carbonyl (C=O) groups is 1. The Morgan fingerprint density at radius 2 is 1.96 bits per heavy atom. The van der Waals surface area contributed by atoms with Crippen molar-refractivity contribution in [1.82, 2.24) is 0 Å². The molecule has 1 aliphatic heterocycles.